The summed E-state index contributed by atoms with van der Waals surface area (Å²) in [7, 11) is 1.58. The lowest BCUT2D eigenvalue weighted by Crippen LogP contribution is -2.43. The van der Waals surface area contributed by atoms with E-state index in [0.717, 1.165) is 32.1 Å². The molecule has 22 heavy (non-hydrogen) atoms. The van der Waals surface area contributed by atoms with Crippen molar-refractivity contribution >= 4 is 23.2 Å². The van der Waals surface area contributed by atoms with Crippen LogP contribution in [0.1, 0.15) is 6.42 Å². The minimum Gasteiger partial charge on any atom is -0.495 e. The Labute approximate surface area is 136 Å². The highest BCUT2D eigenvalue weighted by atomic mass is 35.5. The lowest BCUT2D eigenvalue weighted by molar-refractivity contribution is -0.117. The molecule has 3 rings (SSSR count). The van der Waals surface area contributed by atoms with Crippen LogP contribution in [0, 0.1) is 11.8 Å². The number of halogens is 1. The van der Waals surface area contributed by atoms with E-state index in [1.807, 2.05) is 0 Å². The third-order valence-corrected chi connectivity index (χ3v) is 4.83. The Hall–Kier alpha value is -1.30. The topological polar surface area (TPSA) is 53.6 Å². The molecule has 2 heterocycles. The first-order valence-electron chi connectivity index (χ1n) is 7.72. The number of likely N-dealkylation sites (tertiary alicyclic amines) is 1. The molecule has 6 heteroatoms. The smallest absolute Gasteiger partial charge is 0.238 e. The van der Waals surface area contributed by atoms with Crippen LogP contribution >= 0.6 is 11.6 Å². The molecular weight excluding hydrogens is 302 g/mol. The van der Waals surface area contributed by atoms with Gasteiger partial charge in [-0.05, 0) is 56.1 Å². The second-order valence-electron chi connectivity index (χ2n) is 6.09. The SMILES string of the molecule is COc1ccc(Cl)cc1NC(=O)CN1CCC2CNCC2C1. The van der Waals surface area contributed by atoms with Crippen molar-refractivity contribution in [2.45, 2.75) is 6.42 Å². The van der Waals surface area contributed by atoms with Gasteiger partial charge in [0.25, 0.3) is 0 Å². The molecule has 2 atom stereocenters. The maximum absolute atomic E-state index is 12.3. The maximum atomic E-state index is 12.3. The molecule has 120 valence electrons. The first kappa shape index (κ1) is 15.6. The van der Waals surface area contributed by atoms with Gasteiger partial charge in [0.2, 0.25) is 5.91 Å². The number of piperidine rings is 1. The number of amides is 1. The Morgan fingerprint density at radius 2 is 2.27 bits per heavy atom. The van der Waals surface area contributed by atoms with Crippen molar-refractivity contribution in [1.82, 2.24) is 10.2 Å². The normalized spacial score (nSPS) is 24.8. The van der Waals surface area contributed by atoms with Crippen LogP contribution in [0.4, 0.5) is 5.69 Å². The van der Waals surface area contributed by atoms with E-state index < -0.39 is 0 Å². The van der Waals surface area contributed by atoms with Crippen molar-refractivity contribution in [2.75, 3.05) is 45.2 Å². The van der Waals surface area contributed by atoms with E-state index in [1.165, 1.54) is 6.42 Å². The zero-order chi connectivity index (χ0) is 15.5. The number of carbonyl (C=O) groups is 1. The van der Waals surface area contributed by atoms with Crippen LogP contribution < -0.4 is 15.4 Å². The molecule has 0 radical (unpaired) electrons. The van der Waals surface area contributed by atoms with Crippen molar-refractivity contribution in [1.29, 1.82) is 0 Å². The number of ether oxygens (including phenoxy) is 1. The van der Waals surface area contributed by atoms with Gasteiger partial charge in [-0.1, -0.05) is 11.6 Å². The highest BCUT2D eigenvalue weighted by Crippen LogP contribution is 2.28. The molecule has 0 bridgehead atoms. The standard InChI is InChI=1S/C16H22ClN3O2/c1-22-15-3-2-13(17)6-14(15)19-16(21)10-20-5-4-11-7-18-8-12(11)9-20/h2-3,6,11-12,18H,4-5,7-10H2,1H3,(H,19,21). The van der Waals surface area contributed by atoms with Gasteiger partial charge in [0.1, 0.15) is 5.75 Å². The van der Waals surface area contributed by atoms with Gasteiger partial charge >= 0.3 is 0 Å². The second kappa shape index (κ2) is 6.86. The number of carbonyl (C=O) groups excluding carboxylic acids is 1. The van der Waals surface area contributed by atoms with Crippen LogP contribution in [0.2, 0.25) is 5.02 Å². The molecule has 2 aliphatic heterocycles. The van der Waals surface area contributed by atoms with Gasteiger partial charge in [0.05, 0.1) is 19.3 Å². The van der Waals surface area contributed by atoms with Crippen molar-refractivity contribution < 1.29 is 9.53 Å². The van der Waals surface area contributed by atoms with Crippen LogP contribution in [0.3, 0.4) is 0 Å². The molecule has 1 aromatic rings. The van der Waals surface area contributed by atoms with Crippen LogP contribution in [-0.4, -0.2) is 50.6 Å². The minimum absolute atomic E-state index is 0.0232. The van der Waals surface area contributed by atoms with Crippen molar-refractivity contribution in [3.63, 3.8) is 0 Å². The molecule has 1 amide bonds. The van der Waals surface area contributed by atoms with E-state index in [1.54, 1.807) is 25.3 Å². The highest BCUT2D eigenvalue weighted by Gasteiger charge is 2.33. The lowest BCUT2D eigenvalue weighted by atomic mass is 9.89. The van der Waals surface area contributed by atoms with Gasteiger partial charge in [-0.2, -0.15) is 0 Å². The fourth-order valence-corrected chi connectivity index (χ4v) is 3.60. The number of hydrogen-bond donors (Lipinski definition) is 2. The third-order valence-electron chi connectivity index (χ3n) is 4.59. The van der Waals surface area contributed by atoms with Crippen LogP contribution in [0.5, 0.6) is 5.75 Å². The molecule has 2 aliphatic rings. The molecule has 1 aromatic carbocycles. The van der Waals surface area contributed by atoms with Gasteiger partial charge in [-0.15, -0.1) is 0 Å². The summed E-state index contributed by atoms with van der Waals surface area (Å²) in [4.78, 5) is 14.5. The van der Waals surface area contributed by atoms with Crippen LogP contribution in [0.25, 0.3) is 0 Å². The first-order chi connectivity index (χ1) is 10.7. The summed E-state index contributed by atoms with van der Waals surface area (Å²) >= 11 is 5.99. The predicted octanol–water partition coefficient (Wildman–Crippen LogP) is 1.83. The van der Waals surface area contributed by atoms with E-state index in [-0.39, 0.29) is 5.91 Å². The average Bonchev–Trinajstić information content (AvgIpc) is 2.95. The summed E-state index contributed by atoms with van der Waals surface area (Å²) < 4.78 is 5.25. The Morgan fingerprint density at radius 1 is 1.45 bits per heavy atom. The number of hydrogen-bond acceptors (Lipinski definition) is 4. The Kier molecular flexibility index (Phi) is 4.86. The molecule has 0 spiro atoms. The number of benzene rings is 1. The van der Waals surface area contributed by atoms with E-state index in [0.29, 0.717) is 28.9 Å². The largest absolute Gasteiger partial charge is 0.495 e. The third kappa shape index (κ3) is 3.54. The summed E-state index contributed by atoms with van der Waals surface area (Å²) in [5, 5.41) is 6.92. The molecule has 2 saturated heterocycles. The molecule has 0 aliphatic carbocycles. The Bertz CT molecular complexity index is 552. The quantitative estimate of drug-likeness (QED) is 0.887. The van der Waals surface area contributed by atoms with Gasteiger partial charge in [-0.25, -0.2) is 0 Å². The fourth-order valence-electron chi connectivity index (χ4n) is 3.42. The lowest BCUT2D eigenvalue weighted by Gasteiger charge is -2.33. The summed E-state index contributed by atoms with van der Waals surface area (Å²) in [6.07, 6.45) is 1.17. The van der Waals surface area contributed by atoms with E-state index in [2.05, 4.69) is 15.5 Å². The first-order valence-corrected chi connectivity index (χ1v) is 8.10. The predicted molar refractivity (Wildman–Crippen MR) is 87.5 cm³/mol. The molecule has 0 aromatic heterocycles. The Morgan fingerprint density at radius 3 is 3.09 bits per heavy atom. The zero-order valence-electron chi connectivity index (χ0n) is 12.8. The average molecular weight is 324 g/mol. The summed E-state index contributed by atoms with van der Waals surface area (Å²) in [5.74, 6) is 2.07. The number of methoxy groups -OCH3 is 1. The molecule has 2 N–H and O–H groups in total. The molecule has 5 nitrogen and oxygen atoms in total. The van der Waals surface area contributed by atoms with Crippen molar-refractivity contribution in [2.24, 2.45) is 11.8 Å². The molecule has 2 fully saturated rings. The second-order valence-corrected chi connectivity index (χ2v) is 6.53. The number of fused-ring (bicyclic) bond motifs is 1. The van der Waals surface area contributed by atoms with E-state index in [4.69, 9.17) is 16.3 Å². The van der Waals surface area contributed by atoms with Crippen molar-refractivity contribution in [3.05, 3.63) is 23.2 Å². The van der Waals surface area contributed by atoms with Gasteiger partial charge < -0.3 is 15.4 Å². The van der Waals surface area contributed by atoms with Crippen LogP contribution in [-0.2, 0) is 4.79 Å². The number of nitrogens with one attached hydrogen (secondary N) is 2. The molecular formula is C16H22ClN3O2. The molecule has 2 unspecified atom stereocenters. The number of anilines is 1. The van der Waals surface area contributed by atoms with Gasteiger partial charge in [0.15, 0.2) is 0 Å². The van der Waals surface area contributed by atoms with Gasteiger partial charge in [0, 0.05) is 11.6 Å². The summed E-state index contributed by atoms with van der Waals surface area (Å²) in [6, 6.07) is 5.22. The monoisotopic (exact) mass is 323 g/mol. The summed E-state index contributed by atoms with van der Waals surface area (Å²) in [6.45, 7) is 4.61. The van der Waals surface area contributed by atoms with Crippen molar-refractivity contribution in [3.8, 4) is 5.75 Å². The zero-order valence-corrected chi connectivity index (χ0v) is 13.5. The molecule has 0 saturated carbocycles. The van der Waals surface area contributed by atoms with E-state index in [9.17, 15) is 4.79 Å². The van der Waals surface area contributed by atoms with E-state index >= 15 is 0 Å². The Balaban J connectivity index is 1.57. The van der Waals surface area contributed by atoms with Gasteiger partial charge in [-0.3, -0.25) is 9.69 Å². The fraction of sp³-hybridized carbons (Fsp3) is 0.562. The summed E-state index contributed by atoms with van der Waals surface area (Å²) in [5.41, 5.74) is 0.623. The van der Waals surface area contributed by atoms with Crippen LogP contribution in [0.15, 0.2) is 18.2 Å². The maximum Gasteiger partial charge on any atom is 0.238 e. The number of rotatable bonds is 4. The number of nitrogens with zero attached hydrogens (tertiary/aromatic N) is 1. The minimum atomic E-state index is -0.0232. The highest BCUT2D eigenvalue weighted by molar-refractivity contribution is 6.31.